The maximum Gasteiger partial charge on any atom is 0.412 e. The molecule has 0 aliphatic carbocycles. The molecule has 8 heteroatoms. The third-order valence-corrected chi connectivity index (χ3v) is 5.15. The lowest BCUT2D eigenvalue weighted by molar-refractivity contribution is 0.155. The number of amides is 1. The molecule has 0 radical (unpaired) electrons. The molecule has 1 atom stereocenters. The number of ether oxygens (including phenoxy) is 1. The van der Waals surface area contributed by atoms with Crippen LogP contribution in [0.3, 0.4) is 0 Å². The SMILES string of the molecule is CC(=N[S@](=O)C(C)(C)C)c1ccc(F)c(NC(=O)OCc2ccccc2)c1F. The van der Waals surface area contributed by atoms with Gasteiger partial charge in [0, 0.05) is 5.56 Å². The van der Waals surface area contributed by atoms with Gasteiger partial charge in [-0.15, -0.1) is 0 Å². The highest BCUT2D eigenvalue weighted by Crippen LogP contribution is 2.24. The number of halogens is 2. The molecule has 0 saturated heterocycles. The molecule has 0 aliphatic rings. The second-order valence-electron chi connectivity index (χ2n) is 7.01. The minimum absolute atomic E-state index is 0.0410. The predicted molar refractivity (Wildman–Crippen MR) is 107 cm³/mol. The molecule has 28 heavy (non-hydrogen) atoms. The van der Waals surface area contributed by atoms with E-state index in [1.165, 1.54) is 13.0 Å². The maximum atomic E-state index is 14.8. The number of anilines is 1. The van der Waals surface area contributed by atoms with E-state index in [2.05, 4.69) is 9.71 Å². The van der Waals surface area contributed by atoms with Crippen molar-refractivity contribution in [1.82, 2.24) is 0 Å². The van der Waals surface area contributed by atoms with Crippen molar-refractivity contribution in [3.05, 3.63) is 65.2 Å². The van der Waals surface area contributed by atoms with Crippen molar-refractivity contribution in [3.63, 3.8) is 0 Å². The average Bonchev–Trinajstić information content (AvgIpc) is 2.63. The minimum atomic E-state index is -1.61. The Morgan fingerprint density at radius 3 is 2.39 bits per heavy atom. The van der Waals surface area contributed by atoms with Crippen LogP contribution in [0.2, 0.25) is 0 Å². The van der Waals surface area contributed by atoms with Crippen LogP contribution in [-0.2, 0) is 22.3 Å². The van der Waals surface area contributed by atoms with Gasteiger partial charge in [0.05, 0.1) is 10.5 Å². The molecule has 2 aromatic carbocycles. The zero-order valence-electron chi connectivity index (χ0n) is 16.1. The van der Waals surface area contributed by atoms with Crippen molar-refractivity contribution in [2.45, 2.75) is 39.0 Å². The Hall–Kier alpha value is -2.61. The molecular formula is C20H22F2N2O3S. The third kappa shape index (κ3) is 5.69. The molecule has 0 saturated carbocycles. The average molecular weight is 408 g/mol. The van der Waals surface area contributed by atoms with E-state index in [9.17, 15) is 17.8 Å². The maximum absolute atomic E-state index is 14.8. The fourth-order valence-electron chi connectivity index (χ4n) is 2.12. The van der Waals surface area contributed by atoms with Gasteiger partial charge in [0.15, 0.2) is 5.82 Å². The standard InChI is InChI=1S/C20H22F2N2O3S/c1-13(24-28(26)20(2,3)4)15-10-11-16(21)18(17(15)22)23-19(25)27-12-14-8-6-5-7-9-14/h5-11H,12H2,1-4H3,(H,23,25)/t28-/m1/s1. The van der Waals surface area contributed by atoms with Crippen LogP contribution >= 0.6 is 0 Å². The van der Waals surface area contributed by atoms with E-state index in [1.807, 2.05) is 6.07 Å². The van der Waals surface area contributed by atoms with Gasteiger partial charge >= 0.3 is 6.09 Å². The van der Waals surface area contributed by atoms with Gasteiger partial charge in [-0.1, -0.05) is 30.3 Å². The number of benzene rings is 2. The monoisotopic (exact) mass is 408 g/mol. The summed E-state index contributed by atoms with van der Waals surface area (Å²) in [5, 5.41) is 2.09. The Morgan fingerprint density at radius 1 is 1.14 bits per heavy atom. The molecule has 0 spiro atoms. The summed E-state index contributed by atoms with van der Waals surface area (Å²) in [7, 11) is -1.61. The van der Waals surface area contributed by atoms with E-state index < -0.39 is 39.1 Å². The lowest BCUT2D eigenvalue weighted by Gasteiger charge is -2.15. The molecule has 5 nitrogen and oxygen atoms in total. The van der Waals surface area contributed by atoms with E-state index >= 15 is 0 Å². The van der Waals surface area contributed by atoms with Gasteiger partial charge < -0.3 is 4.74 Å². The molecule has 1 amide bonds. The Morgan fingerprint density at radius 2 is 1.79 bits per heavy atom. The smallest absolute Gasteiger partial charge is 0.412 e. The number of hydrogen-bond acceptors (Lipinski definition) is 3. The predicted octanol–water partition coefficient (Wildman–Crippen LogP) is 4.98. The van der Waals surface area contributed by atoms with Gasteiger partial charge in [-0.25, -0.2) is 17.8 Å². The highest BCUT2D eigenvalue weighted by molar-refractivity contribution is 7.85. The second kappa shape index (κ2) is 9.05. The lowest BCUT2D eigenvalue weighted by atomic mass is 10.1. The molecule has 2 rings (SSSR count). The molecule has 0 bridgehead atoms. The van der Waals surface area contributed by atoms with Crippen LogP contribution in [0.15, 0.2) is 46.9 Å². The minimum Gasteiger partial charge on any atom is -0.444 e. The van der Waals surface area contributed by atoms with E-state index in [-0.39, 0.29) is 17.9 Å². The summed E-state index contributed by atoms with van der Waals surface area (Å²) in [6.07, 6.45) is -0.994. The zero-order chi connectivity index (χ0) is 20.9. The van der Waals surface area contributed by atoms with Crippen LogP contribution in [0.4, 0.5) is 19.3 Å². The molecule has 150 valence electrons. The molecule has 0 unspecified atom stereocenters. The van der Waals surface area contributed by atoms with Crippen molar-refractivity contribution in [2.75, 3.05) is 5.32 Å². The zero-order valence-corrected chi connectivity index (χ0v) is 16.9. The van der Waals surface area contributed by atoms with E-state index in [4.69, 9.17) is 4.74 Å². The van der Waals surface area contributed by atoms with Gasteiger partial charge in [-0.2, -0.15) is 4.40 Å². The first kappa shape index (κ1) is 21.7. The summed E-state index contributed by atoms with van der Waals surface area (Å²) in [4.78, 5) is 11.9. The first-order chi connectivity index (χ1) is 13.1. The van der Waals surface area contributed by atoms with Crippen LogP contribution in [-0.4, -0.2) is 20.8 Å². The normalized spacial score (nSPS) is 13.1. The summed E-state index contributed by atoms with van der Waals surface area (Å²) in [6.45, 7) is 6.63. The number of nitrogens with one attached hydrogen (secondary N) is 1. The van der Waals surface area contributed by atoms with Gasteiger partial charge in [-0.3, -0.25) is 5.32 Å². The summed E-state index contributed by atoms with van der Waals surface area (Å²) >= 11 is 0. The molecule has 0 heterocycles. The number of carbonyl (C=O) groups is 1. The number of nitrogens with zero attached hydrogens (tertiary/aromatic N) is 1. The largest absolute Gasteiger partial charge is 0.444 e. The highest BCUT2D eigenvalue weighted by atomic mass is 32.2. The molecule has 0 fully saturated rings. The van der Waals surface area contributed by atoms with Crippen molar-refractivity contribution < 1.29 is 22.5 Å². The van der Waals surface area contributed by atoms with Gasteiger partial charge in [0.25, 0.3) is 0 Å². The fraction of sp³-hybridized carbons (Fsp3) is 0.300. The Kier molecular flexibility index (Phi) is 7.01. The quantitative estimate of drug-likeness (QED) is 0.709. The lowest BCUT2D eigenvalue weighted by Crippen LogP contribution is -2.21. The topological polar surface area (TPSA) is 67.8 Å². The van der Waals surface area contributed by atoms with Crippen molar-refractivity contribution in [1.29, 1.82) is 0 Å². The second-order valence-corrected chi connectivity index (χ2v) is 8.91. The van der Waals surface area contributed by atoms with Crippen molar-refractivity contribution in [2.24, 2.45) is 4.40 Å². The van der Waals surface area contributed by atoms with Crippen molar-refractivity contribution >= 4 is 28.5 Å². The summed E-state index contributed by atoms with van der Waals surface area (Å²) in [5.41, 5.74) is 0.162. The summed E-state index contributed by atoms with van der Waals surface area (Å²) < 4.78 is 49.3. The number of carbonyl (C=O) groups excluding carboxylic acids is 1. The molecule has 1 N–H and O–H groups in total. The van der Waals surface area contributed by atoms with Crippen molar-refractivity contribution in [3.8, 4) is 0 Å². The number of rotatable bonds is 5. The third-order valence-electron chi connectivity index (χ3n) is 3.66. The first-order valence-corrected chi connectivity index (χ1v) is 9.63. The highest BCUT2D eigenvalue weighted by Gasteiger charge is 2.22. The molecule has 0 aromatic heterocycles. The van der Waals surface area contributed by atoms with Crippen LogP contribution in [0, 0.1) is 11.6 Å². The molecule has 2 aromatic rings. The van der Waals surface area contributed by atoms with Crippen LogP contribution in [0.5, 0.6) is 0 Å². The Bertz CT molecular complexity index is 910. The van der Waals surface area contributed by atoms with E-state index in [0.717, 1.165) is 11.6 Å². The Labute approximate surface area is 165 Å². The van der Waals surface area contributed by atoms with Gasteiger partial charge in [-0.05, 0) is 45.4 Å². The van der Waals surface area contributed by atoms with Gasteiger partial charge in [0.1, 0.15) is 29.1 Å². The molecular weight excluding hydrogens is 386 g/mol. The number of hydrogen-bond donors (Lipinski definition) is 1. The first-order valence-electron chi connectivity index (χ1n) is 8.53. The summed E-state index contributed by atoms with van der Waals surface area (Å²) in [6, 6.07) is 11.1. The van der Waals surface area contributed by atoms with E-state index in [1.54, 1.807) is 45.0 Å². The summed E-state index contributed by atoms with van der Waals surface area (Å²) in [5.74, 6) is -1.97. The van der Waals surface area contributed by atoms with Gasteiger partial charge in [0.2, 0.25) is 0 Å². The fourth-order valence-corrected chi connectivity index (χ4v) is 2.74. The van der Waals surface area contributed by atoms with Crippen LogP contribution in [0.1, 0.15) is 38.8 Å². The molecule has 0 aliphatic heterocycles. The Balaban J connectivity index is 2.19. The van der Waals surface area contributed by atoms with Crippen LogP contribution < -0.4 is 5.32 Å². The van der Waals surface area contributed by atoms with Crippen LogP contribution in [0.25, 0.3) is 0 Å². The van der Waals surface area contributed by atoms with E-state index in [0.29, 0.717) is 0 Å².